The third-order valence-corrected chi connectivity index (χ3v) is 4.34. The number of halogens is 1. The average molecular weight is 359 g/mol. The van der Waals surface area contributed by atoms with Gasteiger partial charge in [-0.1, -0.05) is 29.8 Å². The largest absolute Gasteiger partial charge is 0.479 e. The molecule has 0 saturated carbocycles. The summed E-state index contributed by atoms with van der Waals surface area (Å²) in [6, 6.07) is 13.0. The number of para-hydroxylation sites is 1. The van der Waals surface area contributed by atoms with Crippen molar-refractivity contribution in [2.45, 2.75) is 19.3 Å². The molecule has 0 aromatic heterocycles. The van der Waals surface area contributed by atoms with Gasteiger partial charge in [-0.15, -0.1) is 0 Å². The van der Waals surface area contributed by atoms with Crippen LogP contribution in [0.3, 0.4) is 0 Å². The molecule has 0 saturated heterocycles. The van der Waals surface area contributed by atoms with E-state index < -0.39 is 0 Å². The highest BCUT2D eigenvalue weighted by Gasteiger charge is 2.24. The number of hydrogen-bond acceptors (Lipinski definition) is 3. The maximum absolute atomic E-state index is 12.2. The number of aryl methyl sites for hydroxylation is 1. The molecule has 2 aromatic carbocycles. The van der Waals surface area contributed by atoms with E-state index in [1.807, 2.05) is 24.3 Å². The topological polar surface area (TPSA) is 58.6 Å². The van der Waals surface area contributed by atoms with Gasteiger partial charge in [0.15, 0.2) is 12.4 Å². The van der Waals surface area contributed by atoms with Gasteiger partial charge in [-0.3, -0.25) is 9.59 Å². The molecule has 6 heteroatoms. The van der Waals surface area contributed by atoms with Gasteiger partial charge in [-0.25, -0.2) is 0 Å². The molecule has 1 heterocycles. The zero-order chi connectivity index (χ0) is 17.8. The molecule has 0 bridgehead atoms. The maximum Gasteiger partial charge on any atom is 0.264 e. The Morgan fingerprint density at radius 3 is 2.88 bits per heavy atom. The van der Waals surface area contributed by atoms with E-state index in [0.717, 1.165) is 18.4 Å². The molecule has 0 unspecified atom stereocenters. The molecule has 1 N–H and O–H groups in total. The van der Waals surface area contributed by atoms with Crippen molar-refractivity contribution in [2.75, 3.05) is 23.9 Å². The lowest BCUT2D eigenvalue weighted by Gasteiger charge is -2.27. The number of benzene rings is 2. The summed E-state index contributed by atoms with van der Waals surface area (Å²) in [6.07, 6.45) is 1.90. The van der Waals surface area contributed by atoms with E-state index in [1.54, 1.807) is 25.2 Å². The fourth-order valence-electron chi connectivity index (χ4n) is 2.76. The van der Waals surface area contributed by atoms with Crippen LogP contribution in [0.4, 0.5) is 11.4 Å². The second-order valence-corrected chi connectivity index (χ2v) is 6.36. The average Bonchev–Trinajstić information content (AvgIpc) is 2.59. The number of carbonyl (C=O) groups is 2. The van der Waals surface area contributed by atoms with E-state index in [0.29, 0.717) is 28.6 Å². The van der Waals surface area contributed by atoms with Crippen LogP contribution in [0.2, 0.25) is 5.02 Å². The Kier molecular flexibility index (Phi) is 5.24. The Hall–Kier alpha value is -2.53. The lowest BCUT2D eigenvalue weighted by molar-refractivity contribution is -0.121. The summed E-state index contributed by atoms with van der Waals surface area (Å²) in [4.78, 5) is 25.5. The summed E-state index contributed by atoms with van der Waals surface area (Å²) in [5.41, 5.74) is 2.36. The predicted octanol–water partition coefficient (Wildman–Crippen LogP) is 3.66. The molecule has 3 rings (SSSR count). The zero-order valence-electron chi connectivity index (χ0n) is 13.9. The number of ether oxygens (including phenoxy) is 1. The molecule has 25 heavy (non-hydrogen) atoms. The van der Waals surface area contributed by atoms with Gasteiger partial charge in [0.1, 0.15) is 0 Å². The lowest BCUT2D eigenvalue weighted by atomic mass is 10.1. The quantitative estimate of drug-likeness (QED) is 0.887. The zero-order valence-corrected chi connectivity index (χ0v) is 14.7. The predicted molar refractivity (Wildman–Crippen MR) is 98.4 cm³/mol. The van der Waals surface area contributed by atoms with E-state index in [1.165, 1.54) is 4.90 Å². The third kappa shape index (κ3) is 4.12. The molecule has 1 aliphatic rings. The summed E-state index contributed by atoms with van der Waals surface area (Å²) >= 11 is 5.96. The fraction of sp³-hybridized carbons (Fsp3) is 0.263. The van der Waals surface area contributed by atoms with Crippen LogP contribution in [0.25, 0.3) is 0 Å². The number of amides is 2. The molecule has 130 valence electrons. The fourth-order valence-corrected chi connectivity index (χ4v) is 2.98. The monoisotopic (exact) mass is 358 g/mol. The van der Waals surface area contributed by atoms with Crippen molar-refractivity contribution in [2.24, 2.45) is 0 Å². The van der Waals surface area contributed by atoms with Gasteiger partial charge in [0.25, 0.3) is 5.91 Å². The van der Waals surface area contributed by atoms with Gasteiger partial charge in [0.2, 0.25) is 5.91 Å². The van der Waals surface area contributed by atoms with Crippen LogP contribution in [0.15, 0.2) is 42.5 Å². The van der Waals surface area contributed by atoms with Crippen LogP contribution in [0.5, 0.6) is 5.75 Å². The molecule has 0 atom stereocenters. The van der Waals surface area contributed by atoms with Crippen molar-refractivity contribution in [1.29, 1.82) is 0 Å². The van der Waals surface area contributed by atoms with E-state index in [4.69, 9.17) is 16.3 Å². The molecule has 0 radical (unpaired) electrons. The molecular weight excluding hydrogens is 340 g/mol. The van der Waals surface area contributed by atoms with Crippen molar-refractivity contribution >= 4 is 34.8 Å². The van der Waals surface area contributed by atoms with Crippen LogP contribution in [-0.4, -0.2) is 25.5 Å². The number of fused-ring (bicyclic) bond motifs is 1. The standard InChI is InChI=1S/C19H19ClN2O3/c1-22-16-9-4-8-15(19(16)25-12-18(22)24)21-17(23)10-3-6-13-5-2-7-14(20)11-13/h2,4-5,7-9,11H,3,6,10,12H2,1H3,(H,21,23). The molecular formula is C19H19ClN2O3. The minimum atomic E-state index is -0.113. The lowest BCUT2D eigenvalue weighted by Crippen LogP contribution is -2.35. The van der Waals surface area contributed by atoms with Crippen LogP contribution < -0.4 is 15.0 Å². The van der Waals surface area contributed by atoms with Gasteiger partial charge in [0.05, 0.1) is 11.4 Å². The smallest absolute Gasteiger partial charge is 0.264 e. The highest BCUT2D eigenvalue weighted by molar-refractivity contribution is 6.30. The Morgan fingerprint density at radius 2 is 2.08 bits per heavy atom. The SMILES string of the molecule is CN1C(=O)COc2c(NC(=O)CCCc3cccc(Cl)c3)cccc21. The van der Waals surface area contributed by atoms with Gasteiger partial charge in [0, 0.05) is 18.5 Å². The summed E-state index contributed by atoms with van der Waals surface area (Å²) < 4.78 is 5.50. The van der Waals surface area contributed by atoms with Gasteiger partial charge in [-0.2, -0.15) is 0 Å². The van der Waals surface area contributed by atoms with E-state index in [-0.39, 0.29) is 18.4 Å². The summed E-state index contributed by atoms with van der Waals surface area (Å²) in [5, 5.41) is 3.58. The van der Waals surface area contributed by atoms with Crippen molar-refractivity contribution in [1.82, 2.24) is 0 Å². The van der Waals surface area contributed by atoms with Crippen molar-refractivity contribution in [3.05, 3.63) is 53.1 Å². The number of likely N-dealkylation sites (N-methyl/N-ethyl adjacent to an activating group) is 1. The van der Waals surface area contributed by atoms with Crippen LogP contribution in [0, 0.1) is 0 Å². The molecule has 2 amide bonds. The second-order valence-electron chi connectivity index (χ2n) is 5.93. The molecule has 2 aromatic rings. The first-order valence-corrected chi connectivity index (χ1v) is 8.49. The van der Waals surface area contributed by atoms with Gasteiger partial charge >= 0.3 is 0 Å². The minimum Gasteiger partial charge on any atom is -0.479 e. The van der Waals surface area contributed by atoms with Crippen LogP contribution in [0.1, 0.15) is 18.4 Å². The number of carbonyl (C=O) groups excluding carboxylic acids is 2. The van der Waals surface area contributed by atoms with Crippen molar-refractivity contribution in [3.8, 4) is 5.75 Å². The number of nitrogens with zero attached hydrogens (tertiary/aromatic N) is 1. The Morgan fingerprint density at radius 1 is 1.28 bits per heavy atom. The van der Waals surface area contributed by atoms with E-state index >= 15 is 0 Å². The van der Waals surface area contributed by atoms with Crippen LogP contribution in [-0.2, 0) is 16.0 Å². The first kappa shape index (κ1) is 17.3. The normalized spacial score (nSPS) is 13.2. The maximum atomic E-state index is 12.2. The van der Waals surface area contributed by atoms with Gasteiger partial charge < -0.3 is 15.0 Å². The van der Waals surface area contributed by atoms with Crippen molar-refractivity contribution < 1.29 is 14.3 Å². The number of nitrogens with one attached hydrogen (secondary N) is 1. The Labute approximate surface area is 151 Å². The first-order chi connectivity index (χ1) is 12.0. The Balaban J connectivity index is 1.59. The molecule has 0 fully saturated rings. The van der Waals surface area contributed by atoms with Crippen molar-refractivity contribution in [3.63, 3.8) is 0 Å². The second kappa shape index (κ2) is 7.57. The van der Waals surface area contributed by atoms with Crippen LogP contribution >= 0.6 is 11.6 Å². The van der Waals surface area contributed by atoms with E-state index in [9.17, 15) is 9.59 Å². The number of hydrogen-bond donors (Lipinski definition) is 1. The summed E-state index contributed by atoms with van der Waals surface area (Å²) in [7, 11) is 1.69. The highest BCUT2D eigenvalue weighted by Crippen LogP contribution is 2.38. The Bertz CT molecular complexity index is 807. The number of rotatable bonds is 5. The molecule has 0 spiro atoms. The molecule has 5 nitrogen and oxygen atoms in total. The summed E-state index contributed by atoms with van der Waals surface area (Å²) in [5.74, 6) is 0.337. The first-order valence-electron chi connectivity index (χ1n) is 8.11. The number of anilines is 2. The molecule has 1 aliphatic heterocycles. The van der Waals surface area contributed by atoms with Gasteiger partial charge in [-0.05, 0) is 42.7 Å². The summed E-state index contributed by atoms with van der Waals surface area (Å²) in [6.45, 7) is -0.0227. The molecule has 0 aliphatic carbocycles. The minimum absolute atomic E-state index is 0.0227. The third-order valence-electron chi connectivity index (χ3n) is 4.10. The highest BCUT2D eigenvalue weighted by atomic mass is 35.5. The van der Waals surface area contributed by atoms with E-state index in [2.05, 4.69) is 5.32 Å².